The van der Waals surface area contributed by atoms with Crippen LogP contribution in [0.1, 0.15) is 11.7 Å². The highest BCUT2D eigenvalue weighted by molar-refractivity contribution is 7.98. The minimum absolute atomic E-state index is 0.0599. The standard InChI is InChI=1S/C16H17FO3S/c1-19-16-8-3-11(9-14(16)17)15(18)10-20-12-4-6-13(21-2)7-5-12/h3-9,15,18H,10H2,1-2H3. The van der Waals surface area contributed by atoms with Crippen molar-refractivity contribution in [3.63, 3.8) is 0 Å². The van der Waals surface area contributed by atoms with Crippen molar-refractivity contribution in [1.29, 1.82) is 0 Å². The monoisotopic (exact) mass is 308 g/mol. The van der Waals surface area contributed by atoms with Crippen molar-refractivity contribution in [3.8, 4) is 11.5 Å². The second-order valence-corrected chi connectivity index (χ2v) is 5.28. The largest absolute Gasteiger partial charge is 0.494 e. The van der Waals surface area contributed by atoms with E-state index < -0.39 is 11.9 Å². The molecule has 0 fully saturated rings. The second kappa shape index (κ2) is 7.33. The van der Waals surface area contributed by atoms with Crippen molar-refractivity contribution in [2.45, 2.75) is 11.0 Å². The summed E-state index contributed by atoms with van der Waals surface area (Å²) in [6.45, 7) is 0.0599. The molecule has 1 N–H and O–H groups in total. The van der Waals surface area contributed by atoms with Crippen LogP contribution in [0.5, 0.6) is 11.5 Å². The average Bonchev–Trinajstić information content (AvgIpc) is 2.53. The summed E-state index contributed by atoms with van der Waals surface area (Å²) in [6.07, 6.45) is 1.10. The third kappa shape index (κ3) is 4.12. The van der Waals surface area contributed by atoms with Gasteiger partial charge in [0.05, 0.1) is 7.11 Å². The number of rotatable bonds is 6. The molecule has 2 aromatic rings. The lowest BCUT2D eigenvalue weighted by Crippen LogP contribution is -2.10. The summed E-state index contributed by atoms with van der Waals surface area (Å²) in [5.41, 5.74) is 0.453. The first kappa shape index (κ1) is 15.7. The van der Waals surface area contributed by atoms with E-state index in [1.165, 1.54) is 19.2 Å². The first-order valence-electron chi connectivity index (χ1n) is 6.42. The molecule has 0 saturated carbocycles. The molecule has 2 aromatic carbocycles. The molecular formula is C16H17FO3S. The Morgan fingerprint density at radius 1 is 1.19 bits per heavy atom. The van der Waals surface area contributed by atoms with Crippen LogP contribution < -0.4 is 9.47 Å². The highest BCUT2D eigenvalue weighted by Gasteiger charge is 2.12. The summed E-state index contributed by atoms with van der Waals surface area (Å²) in [7, 11) is 1.40. The molecule has 0 heterocycles. The Hall–Kier alpha value is -1.72. The summed E-state index contributed by atoms with van der Waals surface area (Å²) in [4.78, 5) is 1.14. The molecule has 0 aromatic heterocycles. The fraction of sp³-hybridized carbons (Fsp3) is 0.250. The Balaban J connectivity index is 1.97. The van der Waals surface area contributed by atoms with Crippen molar-refractivity contribution >= 4 is 11.8 Å². The molecular weight excluding hydrogens is 291 g/mol. The van der Waals surface area contributed by atoms with Crippen LogP contribution in [-0.4, -0.2) is 25.1 Å². The minimum atomic E-state index is -0.898. The van der Waals surface area contributed by atoms with E-state index in [-0.39, 0.29) is 12.4 Å². The van der Waals surface area contributed by atoms with Crippen LogP contribution >= 0.6 is 11.8 Å². The third-order valence-corrected chi connectivity index (χ3v) is 3.77. The van der Waals surface area contributed by atoms with Gasteiger partial charge in [-0.2, -0.15) is 0 Å². The molecule has 0 radical (unpaired) electrons. The van der Waals surface area contributed by atoms with E-state index in [4.69, 9.17) is 9.47 Å². The predicted molar refractivity (Wildman–Crippen MR) is 81.6 cm³/mol. The van der Waals surface area contributed by atoms with Crippen molar-refractivity contribution in [2.24, 2.45) is 0 Å². The smallest absolute Gasteiger partial charge is 0.165 e. The van der Waals surface area contributed by atoms with Crippen LogP contribution in [0, 0.1) is 5.82 Å². The first-order chi connectivity index (χ1) is 10.1. The quantitative estimate of drug-likeness (QED) is 0.827. The Bertz CT molecular complexity index is 587. The Morgan fingerprint density at radius 2 is 1.90 bits per heavy atom. The zero-order valence-corrected chi connectivity index (χ0v) is 12.7. The highest BCUT2D eigenvalue weighted by atomic mass is 32.2. The van der Waals surface area contributed by atoms with E-state index in [2.05, 4.69) is 0 Å². The normalized spacial score (nSPS) is 12.0. The van der Waals surface area contributed by atoms with Crippen LogP contribution in [0.4, 0.5) is 4.39 Å². The lowest BCUT2D eigenvalue weighted by molar-refractivity contribution is 0.108. The van der Waals surface area contributed by atoms with Gasteiger partial charge in [0.1, 0.15) is 18.5 Å². The lowest BCUT2D eigenvalue weighted by atomic mass is 10.1. The number of benzene rings is 2. The Kier molecular flexibility index (Phi) is 5.47. The van der Waals surface area contributed by atoms with Crippen LogP contribution in [0.15, 0.2) is 47.4 Å². The molecule has 21 heavy (non-hydrogen) atoms. The third-order valence-electron chi connectivity index (χ3n) is 3.03. The Morgan fingerprint density at radius 3 is 2.48 bits per heavy atom. The van der Waals surface area contributed by atoms with Gasteiger partial charge in [0.25, 0.3) is 0 Å². The van der Waals surface area contributed by atoms with E-state index >= 15 is 0 Å². The molecule has 1 atom stereocenters. The number of halogens is 1. The van der Waals surface area contributed by atoms with Crippen molar-refractivity contribution < 1.29 is 19.0 Å². The van der Waals surface area contributed by atoms with Gasteiger partial charge >= 0.3 is 0 Å². The van der Waals surface area contributed by atoms with E-state index in [9.17, 15) is 9.50 Å². The Labute approximate surface area is 127 Å². The topological polar surface area (TPSA) is 38.7 Å². The molecule has 5 heteroatoms. The van der Waals surface area contributed by atoms with Gasteiger partial charge in [0.15, 0.2) is 11.6 Å². The predicted octanol–water partition coefficient (Wildman–Crippen LogP) is 3.67. The lowest BCUT2D eigenvalue weighted by Gasteiger charge is -2.14. The molecule has 112 valence electrons. The SMILES string of the molecule is COc1ccc(C(O)COc2ccc(SC)cc2)cc1F. The van der Waals surface area contributed by atoms with Gasteiger partial charge in [0, 0.05) is 4.90 Å². The van der Waals surface area contributed by atoms with Gasteiger partial charge in [0.2, 0.25) is 0 Å². The average molecular weight is 308 g/mol. The van der Waals surface area contributed by atoms with E-state index in [0.29, 0.717) is 11.3 Å². The van der Waals surface area contributed by atoms with Gasteiger partial charge in [-0.3, -0.25) is 0 Å². The van der Waals surface area contributed by atoms with Gasteiger partial charge < -0.3 is 14.6 Å². The molecule has 0 amide bonds. The molecule has 0 aliphatic rings. The number of aliphatic hydroxyl groups is 1. The summed E-state index contributed by atoms with van der Waals surface area (Å²) in [6, 6.07) is 11.9. The zero-order chi connectivity index (χ0) is 15.2. The van der Waals surface area contributed by atoms with Gasteiger partial charge in [-0.1, -0.05) is 6.07 Å². The van der Waals surface area contributed by atoms with Gasteiger partial charge in [-0.25, -0.2) is 4.39 Å². The minimum Gasteiger partial charge on any atom is -0.494 e. The van der Waals surface area contributed by atoms with Crippen LogP contribution in [0.25, 0.3) is 0 Å². The van der Waals surface area contributed by atoms with Crippen molar-refractivity contribution in [1.82, 2.24) is 0 Å². The van der Waals surface area contributed by atoms with Crippen molar-refractivity contribution in [3.05, 3.63) is 53.8 Å². The molecule has 0 saturated heterocycles. The number of methoxy groups -OCH3 is 1. The summed E-state index contributed by atoms with van der Waals surface area (Å²) in [5.74, 6) is 0.318. The fourth-order valence-electron chi connectivity index (χ4n) is 1.83. The zero-order valence-electron chi connectivity index (χ0n) is 11.9. The molecule has 0 aliphatic carbocycles. The van der Waals surface area contributed by atoms with Gasteiger partial charge in [-0.15, -0.1) is 11.8 Å². The summed E-state index contributed by atoms with van der Waals surface area (Å²) >= 11 is 1.65. The molecule has 0 aliphatic heterocycles. The number of ether oxygens (including phenoxy) is 2. The maximum absolute atomic E-state index is 13.6. The number of thioether (sulfide) groups is 1. The maximum Gasteiger partial charge on any atom is 0.165 e. The van der Waals surface area contributed by atoms with E-state index in [1.54, 1.807) is 17.8 Å². The fourth-order valence-corrected chi connectivity index (χ4v) is 2.24. The highest BCUT2D eigenvalue weighted by Crippen LogP contribution is 2.23. The molecule has 1 unspecified atom stereocenters. The number of aliphatic hydroxyl groups excluding tert-OH is 1. The van der Waals surface area contributed by atoms with E-state index in [1.807, 2.05) is 30.5 Å². The van der Waals surface area contributed by atoms with Crippen LogP contribution in [0.2, 0.25) is 0 Å². The molecule has 3 nitrogen and oxygen atoms in total. The first-order valence-corrected chi connectivity index (χ1v) is 7.65. The van der Waals surface area contributed by atoms with E-state index in [0.717, 1.165) is 4.90 Å². The molecule has 0 spiro atoms. The maximum atomic E-state index is 13.6. The second-order valence-electron chi connectivity index (χ2n) is 4.40. The van der Waals surface area contributed by atoms with Crippen LogP contribution in [0.3, 0.4) is 0 Å². The summed E-state index contributed by atoms with van der Waals surface area (Å²) < 4.78 is 23.9. The molecule has 2 rings (SSSR count). The summed E-state index contributed by atoms with van der Waals surface area (Å²) in [5, 5.41) is 10.0. The molecule has 0 bridgehead atoms. The number of hydrogen-bond donors (Lipinski definition) is 1. The van der Waals surface area contributed by atoms with Crippen LogP contribution in [-0.2, 0) is 0 Å². The number of hydrogen-bond acceptors (Lipinski definition) is 4. The van der Waals surface area contributed by atoms with Gasteiger partial charge in [-0.05, 0) is 48.2 Å². The van der Waals surface area contributed by atoms with Crippen molar-refractivity contribution in [2.75, 3.05) is 20.0 Å².